The second kappa shape index (κ2) is 15.0. The van der Waals surface area contributed by atoms with Crippen LogP contribution in [0.4, 0.5) is 13.2 Å². The zero-order valence-corrected chi connectivity index (χ0v) is 27.8. The highest BCUT2D eigenvalue weighted by Gasteiger charge is 2.49. The molecule has 0 saturated heterocycles. The molecule has 3 aliphatic rings. The first-order valence-electron chi connectivity index (χ1n) is 16.9. The summed E-state index contributed by atoms with van der Waals surface area (Å²) >= 11 is 0. The molecule has 3 aliphatic carbocycles. The third kappa shape index (κ3) is 8.58. The summed E-state index contributed by atoms with van der Waals surface area (Å²) in [5.74, 6) is -0.627. The average molecular weight is 680 g/mol. The number of hydrogen-bond donors (Lipinski definition) is 5. The lowest BCUT2D eigenvalue weighted by Gasteiger charge is -2.40. The van der Waals surface area contributed by atoms with Gasteiger partial charge in [0.05, 0.1) is 11.8 Å². The van der Waals surface area contributed by atoms with Crippen molar-refractivity contribution in [3.8, 4) is 0 Å². The highest BCUT2D eigenvalue weighted by molar-refractivity contribution is 6.26. The van der Waals surface area contributed by atoms with Gasteiger partial charge in [-0.1, -0.05) is 44.2 Å². The first kappa shape index (κ1) is 35.8. The number of para-hydroxylation sites is 1. The van der Waals surface area contributed by atoms with Gasteiger partial charge in [-0.25, -0.2) is 0 Å². The molecule has 3 fully saturated rings. The molecule has 4 unspecified atom stereocenters. The summed E-state index contributed by atoms with van der Waals surface area (Å²) in [4.78, 5) is 57.0. The Morgan fingerprint density at radius 1 is 1.00 bits per heavy atom. The van der Waals surface area contributed by atoms with E-state index in [4.69, 9.17) is 5.41 Å². The van der Waals surface area contributed by atoms with Crippen molar-refractivity contribution in [1.82, 2.24) is 20.9 Å². The number of aromatic amines is 1. The van der Waals surface area contributed by atoms with Crippen LogP contribution >= 0.6 is 0 Å². The van der Waals surface area contributed by atoms with Crippen LogP contribution in [-0.2, 0) is 38.3 Å². The number of halogens is 3. The van der Waals surface area contributed by atoms with Gasteiger partial charge in [0.15, 0.2) is 5.78 Å². The van der Waals surface area contributed by atoms with E-state index in [1.807, 2.05) is 24.3 Å². The quantitative estimate of drug-likeness (QED) is 0.144. The topological polar surface area (TPSA) is 144 Å². The summed E-state index contributed by atoms with van der Waals surface area (Å²) in [6.45, 7) is 4.26. The third-order valence-corrected chi connectivity index (χ3v) is 10.4. The highest BCUT2D eigenvalue weighted by Crippen LogP contribution is 2.52. The van der Waals surface area contributed by atoms with Gasteiger partial charge in [-0.3, -0.25) is 19.2 Å². The Morgan fingerprint density at radius 2 is 1.73 bits per heavy atom. The monoisotopic (exact) mass is 679 g/mol. The average Bonchev–Trinajstić information content (AvgIpc) is 3.33. The van der Waals surface area contributed by atoms with Gasteiger partial charge in [-0.2, -0.15) is 13.2 Å². The molecule has 12 heteroatoms. The number of hydrogen-bond acceptors (Lipinski definition) is 5. The van der Waals surface area contributed by atoms with Gasteiger partial charge < -0.3 is 26.3 Å². The first-order chi connectivity index (χ1) is 23.3. The van der Waals surface area contributed by atoms with Crippen molar-refractivity contribution >= 4 is 40.6 Å². The van der Waals surface area contributed by atoms with E-state index >= 15 is 0 Å². The van der Waals surface area contributed by atoms with E-state index in [0.29, 0.717) is 29.5 Å². The summed E-state index contributed by atoms with van der Waals surface area (Å²) in [7, 11) is 0. The van der Waals surface area contributed by atoms with Gasteiger partial charge in [0, 0.05) is 41.9 Å². The zero-order chi connectivity index (χ0) is 35.3. The largest absolute Gasteiger partial charge is 0.416 e. The fraction of sp³-hybridized carbons (Fsp3) is 0.486. The SMILES string of the molecule is CC1CC2CCC(C(=O)N[C@@H](Cc3c[nH]c4ccccc34)C(=O)N[C@@H](CCC(=O)C=N)C(=O)NCc3ccc(C(F)(F)F)cc3)(C1)CC2C. The van der Waals surface area contributed by atoms with Crippen molar-refractivity contribution in [2.75, 3.05) is 0 Å². The second-order valence-electron chi connectivity index (χ2n) is 14.0. The van der Waals surface area contributed by atoms with Crippen LogP contribution in [0.25, 0.3) is 10.9 Å². The number of fused-ring (bicyclic) bond motifs is 5. The standard InChI is InChI=1S/C37H44F3N5O4/c1-22-15-25-13-14-36(17-22,18-23(25)2)35(49)45-32(16-26-21-42-30-6-4-3-5-29(26)30)34(48)44-31(12-11-28(46)19-41)33(47)43-20-24-7-9-27(10-8-24)37(38,39)40/h3-10,19,21-23,25,31-32,41-42H,11-18,20H2,1-2H3,(H,43,47)(H,44,48)(H,45,49)/t22?,23?,25?,31-,32-,36?/m0/s1. The maximum atomic E-state index is 14.2. The minimum absolute atomic E-state index is 0.114. The molecular formula is C37H44F3N5O4. The van der Waals surface area contributed by atoms with Crippen molar-refractivity contribution in [1.29, 1.82) is 5.41 Å². The van der Waals surface area contributed by atoms with E-state index in [0.717, 1.165) is 60.7 Å². The Hall–Kier alpha value is -4.48. The van der Waals surface area contributed by atoms with Crippen LogP contribution in [0.2, 0.25) is 0 Å². The van der Waals surface area contributed by atoms with Crippen LogP contribution in [0.15, 0.2) is 54.7 Å². The Balaban J connectivity index is 1.36. The predicted octanol–water partition coefficient (Wildman–Crippen LogP) is 5.87. The molecule has 2 bridgehead atoms. The summed E-state index contributed by atoms with van der Waals surface area (Å²) in [6.07, 6.45) is 2.04. The number of ketones is 1. The number of rotatable bonds is 13. The number of alkyl halides is 3. The molecule has 9 nitrogen and oxygen atoms in total. The Morgan fingerprint density at radius 3 is 2.43 bits per heavy atom. The van der Waals surface area contributed by atoms with Crippen molar-refractivity contribution in [2.45, 2.75) is 90.0 Å². The number of H-pyrrole nitrogens is 1. The third-order valence-electron chi connectivity index (χ3n) is 10.4. The van der Waals surface area contributed by atoms with Crippen LogP contribution in [0.3, 0.4) is 0 Å². The van der Waals surface area contributed by atoms with Gasteiger partial charge in [0.1, 0.15) is 12.1 Å². The van der Waals surface area contributed by atoms with Gasteiger partial charge in [-0.15, -0.1) is 0 Å². The van der Waals surface area contributed by atoms with E-state index in [-0.39, 0.29) is 31.7 Å². The molecule has 2 aromatic carbocycles. The summed E-state index contributed by atoms with van der Waals surface area (Å²) < 4.78 is 39.0. The number of amides is 3. The molecule has 0 aliphatic heterocycles. The first-order valence-corrected chi connectivity index (χ1v) is 16.9. The lowest BCUT2D eigenvalue weighted by atomic mass is 9.66. The summed E-state index contributed by atoms with van der Waals surface area (Å²) in [5.41, 5.74) is 0.673. The van der Waals surface area contributed by atoms with E-state index in [1.165, 1.54) is 12.1 Å². The smallest absolute Gasteiger partial charge is 0.361 e. The fourth-order valence-corrected chi connectivity index (χ4v) is 7.80. The van der Waals surface area contributed by atoms with Gasteiger partial charge in [0.2, 0.25) is 17.7 Å². The van der Waals surface area contributed by atoms with Crippen LogP contribution in [0.1, 0.15) is 75.5 Å². The minimum atomic E-state index is -4.50. The number of carbonyl (C=O) groups is 4. The lowest BCUT2D eigenvalue weighted by Crippen LogP contribution is -2.57. The van der Waals surface area contributed by atoms with Gasteiger partial charge >= 0.3 is 6.18 Å². The molecule has 262 valence electrons. The number of aromatic nitrogens is 1. The Kier molecular flexibility index (Phi) is 10.9. The van der Waals surface area contributed by atoms with Gasteiger partial charge in [0.25, 0.3) is 0 Å². The molecule has 5 N–H and O–H groups in total. The highest BCUT2D eigenvalue weighted by atomic mass is 19.4. The minimum Gasteiger partial charge on any atom is -0.361 e. The second-order valence-corrected chi connectivity index (χ2v) is 14.0. The number of Topliss-reactive ketones (excluding diaryl/α,β-unsaturated/α-hetero) is 1. The van der Waals surface area contributed by atoms with Gasteiger partial charge in [-0.05, 0) is 85.6 Å². The van der Waals surface area contributed by atoms with Crippen molar-refractivity contribution in [3.05, 3.63) is 71.4 Å². The molecule has 3 amide bonds. The molecule has 3 aromatic rings. The molecule has 1 aromatic heterocycles. The van der Waals surface area contributed by atoms with Crippen molar-refractivity contribution in [2.24, 2.45) is 23.2 Å². The molecule has 3 saturated carbocycles. The van der Waals surface area contributed by atoms with Crippen molar-refractivity contribution < 1.29 is 32.3 Å². The Bertz CT molecular complexity index is 1680. The van der Waals surface area contributed by atoms with E-state index in [2.05, 4.69) is 34.8 Å². The lowest BCUT2D eigenvalue weighted by molar-refractivity contribution is -0.139. The summed E-state index contributed by atoms with van der Waals surface area (Å²) in [5, 5.41) is 16.6. The molecule has 1 heterocycles. The molecule has 6 atom stereocenters. The molecule has 0 radical (unpaired) electrons. The van der Waals surface area contributed by atoms with E-state index in [9.17, 15) is 32.3 Å². The number of carbonyl (C=O) groups excluding carboxylic acids is 4. The zero-order valence-electron chi connectivity index (χ0n) is 27.8. The van der Waals surface area contributed by atoms with Crippen molar-refractivity contribution in [3.63, 3.8) is 0 Å². The maximum Gasteiger partial charge on any atom is 0.416 e. The molecular weight excluding hydrogens is 635 g/mol. The summed E-state index contributed by atoms with van der Waals surface area (Å²) in [6, 6.07) is 9.71. The maximum absolute atomic E-state index is 14.2. The van der Waals surface area contributed by atoms with Crippen LogP contribution in [0, 0.1) is 28.6 Å². The molecule has 0 spiro atoms. The van der Waals surface area contributed by atoms with Crippen LogP contribution < -0.4 is 16.0 Å². The van der Waals surface area contributed by atoms with Crippen LogP contribution in [-0.4, -0.2) is 46.8 Å². The molecule has 6 rings (SSSR count). The predicted molar refractivity (Wildman–Crippen MR) is 180 cm³/mol. The van der Waals surface area contributed by atoms with E-state index in [1.54, 1.807) is 6.20 Å². The normalized spacial score (nSPS) is 23.2. The van der Waals surface area contributed by atoms with Crippen LogP contribution in [0.5, 0.6) is 0 Å². The fourth-order valence-electron chi connectivity index (χ4n) is 7.80. The number of benzene rings is 2. The number of nitrogens with one attached hydrogen (secondary N) is 5. The Labute approximate surface area is 283 Å². The molecule has 49 heavy (non-hydrogen) atoms. The van der Waals surface area contributed by atoms with E-state index < -0.39 is 46.8 Å².